The zero-order valence-corrected chi connectivity index (χ0v) is 11.8. The molecule has 1 amide bonds. The lowest BCUT2D eigenvalue weighted by molar-refractivity contribution is -0.155. The molecule has 1 aromatic rings. The van der Waals surface area contributed by atoms with E-state index in [1.54, 1.807) is 12.0 Å². The van der Waals surface area contributed by atoms with Crippen molar-refractivity contribution in [3.63, 3.8) is 0 Å². The van der Waals surface area contributed by atoms with E-state index in [0.717, 1.165) is 16.9 Å². The van der Waals surface area contributed by atoms with Gasteiger partial charge in [0, 0.05) is 5.56 Å². The summed E-state index contributed by atoms with van der Waals surface area (Å²) >= 11 is 0. The molecule has 1 fully saturated rings. The van der Waals surface area contributed by atoms with Gasteiger partial charge in [0.1, 0.15) is 5.75 Å². The third kappa shape index (κ3) is 2.89. The Hall–Kier alpha value is -1.55. The van der Waals surface area contributed by atoms with E-state index in [-0.39, 0.29) is 5.91 Å². The number of hydrogen-bond donors (Lipinski definition) is 1. The molecule has 1 N–H and O–H groups in total. The highest BCUT2D eigenvalue weighted by Gasteiger charge is 2.41. The predicted octanol–water partition coefficient (Wildman–Crippen LogP) is 1.53. The third-order valence-electron chi connectivity index (χ3n) is 3.76. The van der Waals surface area contributed by atoms with Crippen molar-refractivity contribution in [2.24, 2.45) is 0 Å². The zero-order valence-electron chi connectivity index (χ0n) is 11.8. The first-order valence-electron chi connectivity index (χ1n) is 6.61. The molecule has 104 valence electrons. The average molecular weight is 263 g/mol. The molecule has 1 aliphatic rings. The molecule has 0 saturated carbocycles. The fourth-order valence-corrected chi connectivity index (χ4v) is 2.38. The number of aryl methyl sites for hydroxylation is 1. The molecule has 1 heterocycles. The number of rotatable bonds is 4. The maximum absolute atomic E-state index is 12.1. The standard InChI is InChI=1S/C15H21NO3/c1-4-15(18)9-16(10-15)14(17)8-12-7-11(2)5-6-13(12)19-3/h5-7,18H,4,8-10H2,1-3H3. The van der Waals surface area contributed by atoms with Gasteiger partial charge in [0.25, 0.3) is 0 Å². The Morgan fingerprint density at radius 2 is 2.16 bits per heavy atom. The first-order chi connectivity index (χ1) is 8.97. The minimum Gasteiger partial charge on any atom is -0.496 e. The topological polar surface area (TPSA) is 49.8 Å². The molecule has 1 aliphatic heterocycles. The maximum Gasteiger partial charge on any atom is 0.227 e. The minimum absolute atomic E-state index is 0.0435. The van der Waals surface area contributed by atoms with E-state index >= 15 is 0 Å². The van der Waals surface area contributed by atoms with Gasteiger partial charge in [-0.05, 0) is 19.4 Å². The lowest BCUT2D eigenvalue weighted by Crippen LogP contribution is -2.63. The van der Waals surface area contributed by atoms with Gasteiger partial charge in [-0.15, -0.1) is 0 Å². The molecule has 0 unspecified atom stereocenters. The molecule has 2 rings (SSSR count). The van der Waals surface area contributed by atoms with Crippen molar-refractivity contribution in [3.05, 3.63) is 29.3 Å². The van der Waals surface area contributed by atoms with E-state index in [4.69, 9.17) is 4.74 Å². The number of aliphatic hydroxyl groups is 1. The van der Waals surface area contributed by atoms with Crippen LogP contribution in [0.5, 0.6) is 5.75 Å². The number of ether oxygens (including phenoxy) is 1. The number of amides is 1. The van der Waals surface area contributed by atoms with Gasteiger partial charge in [-0.1, -0.05) is 24.6 Å². The average Bonchev–Trinajstić information content (AvgIpc) is 2.35. The molecule has 0 aliphatic carbocycles. The SMILES string of the molecule is CCC1(O)CN(C(=O)Cc2cc(C)ccc2OC)C1. The van der Waals surface area contributed by atoms with Gasteiger partial charge in [-0.3, -0.25) is 4.79 Å². The molecule has 4 nitrogen and oxygen atoms in total. The van der Waals surface area contributed by atoms with Gasteiger partial charge in [-0.25, -0.2) is 0 Å². The van der Waals surface area contributed by atoms with E-state index in [0.29, 0.717) is 25.9 Å². The Bertz CT molecular complexity index is 478. The van der Waals surface area contributed by atoms with Crippen molar-refractivity contribution in [1.82, 2.24) is 4.90 Å². The Morgan fingerprint density at radius 3 is 2.74 bits per heavy atom. The number of nitrogens with zero attached hydrogens (tertiary/aromatic N) is 1. The second kappa shape index (κ2) is 5.21. The first-order valence-corrected chi connectivity index (χ1v) is 6.61. The van der Waals surface area contributed by atoms with Crippen LogP contribution in [0.4, 0.5) is 0 Å². The Kier molecular flexibility index (Phi) is 3.80. The number of methoxy groups -OCH3 is 1. The third-order valence-corrected chi connectivity index (χ3v) is 3.76. The van der Waals surface area contributed by atoms with E-state index < -0.39 is 5.60 Å². The van der Waals surface area contributed by atoms with Crippen LogP contribution in [-0.2, 0) is 11.2 Å². The molecule has 0 radical (unpaired) electrons. The van der Waals surface area contributed by atoms with Crippen LogP contribution in [-0.4, -0.2) is 41.7 Å². The second-order valence-electron chi connectivity index (χ2n) is 5.32. The van der Waals surface area contributed by atoms with E-state index in [2.05, 4.69) is 0 Å². The van der Waals surface area contributed by atoms with Gasteiger partial charge >= 0.3 is 0 Å². The number of likely N-dealkylation sites (tertiary alicyclic amines) is 1. The van der Waals surface area contributed by atoms with Crippen LogP contribution in [0.1, 0.15) is 24.5 Å². The summed E-state index contributed by atoms with van der Waals surface area (Å²) in [5.74, 6) is 0.784. The maximum atomic E-state index is 12.1. The van der Waals surface area contributed by atoms with Gasteiger partial charge in [0.05, 0.1) is 32.2 Å². The molecular weight excluding hydrogens is 242 g/mol. The number of carbonyl (C=O) groups is 1. The van der Waals surface area contributed by atoms with Gasteiger partial charge in [-0.2, -0.15) is 0 Å². The van der Waals surface area contributed by atoms with Crippen molar-refractivity contribution >= 4 is 5.91 Å². The monoisotopic (exact) mass is 263 g/mol. The van der Waals surface area contributed by atoms with Gasteiger partial charge in [0.2, 0.25) is 5.91 Å². The Labute approximate surface area is 114 Å². The Morgan fingerprint density at radius 1 is 1.47 bits per heavy atom. The summed E-state index contributed by atoms with van der Waals surface area (Å²) in [5, 5.41) is 9.93. The molecule has 1 saturated heterocycles. The summed E-state index contributed by atoms with van der Waals surface area (Å²) in [4.78, 5) is 13.8. The highest BCUT2D eigenvalue weighted by Crippen LogP contribution is 2.26. The fraction of sp³-hybridized carbons (Fsp3) is 0.533. The molecule has 0 aromatic heterocycles. The summed E-state index contributed by atoms with van der Waals surface area (Å²) in [6.07, 6.45) is 1.01. The highest BCUT2D eigenvalue weighted by atomic mass is 16.5. The zero-order chi connectivity index (χ0) is 14.0. The van der Waals surface area contributed by atoms with Crippen LogP contribution in [0.15, 0.2) is 18.2 Å². The number of hydrogen-bond acceptors (Lipinski definition) is 3. The summed E-state index contributed by atoms with van der Waals surface area (Å²) < 4.78 is 5.27. The normalized spacial score (nSPS) is 16.9. The van der Waals surface area contributed by atoms with Crippen molar-refractivity contribution in [1.29, 1.82) is 0 Å². The first kappa shape index (κ1) is 13.9. The minimum atomic E-state index is -0.674. The smallest absolute Gasteiger partial charge is 0.227 e. The van der Waals surface area contributed by atoms with E-state index in [1.165, 1.54) is 0 Å². The van der Waals surface area contributed by atoms with Crippen molar-refractivity contribution in [2.45, 2.75) is 32.3 Å². The summed E-state index contributed by atoms with van der Waals surface area (Å²) in [7, 11) is 1.61. The lowest BCUT2D eigenvalue weighted by Gasteiger charge is -2.46. The molecule has 0 atom stereocenters. The molecule has 0 spiro atoms. The molecule has 4 heteroatoms. The Balaban J connectivity index is 2.02. The van der Waals surface area contributed by atoms with Crippen LogP contribution in [0, 0.1) is 6.92 Å². The van der Waals surface area contributed by atoms with Gasteiger partial charge < -0.3 is 14.7 Å². The number of benzene rings is 1. The summed E-state index contributed by atoms with van der Waals surface area (Å²) in [5.41, 5.74) is 1.34. The predicted molar refractivity (Wildman–Crippen MR) is 73.3 cm³/mol. The molecular formula is C15H21NO3. The van der Waals surface area contributed by atoms with Crippen molar-refractivity contribution in [2.75, 3.05) is 20.2 Å². The highest BCUT2D eigenvalue weighted by molar-refractivity contribution is 5.80. The number of carbonyl (C=O) groups excluding carboxylic acids is 1. The van der Waals surface area contributed by atoms with E-state index in [9.17, 15) is 9.90 Å². The molecule has 19 heavy (non-hydrogen) atoms. The van der Waals surface area contributed by atoms with Crippen LogP contribution in [0.25, 0.3) is 0 Å². The largest absolute Gasteiger partial charge is 0.496 e. The van der Waals surface area contributed by atoms with Crippen molar-refractivity contribution < 1.29 is 14.6 Å². The molecule has 0 bridgehead atoms. The van der Waals surface area contributed by atoms with Crippen LogP contribution in [0.2, 0.25) is 0 Å². The van der Waals surface area contributed by atoms with Crippen LogP contribution >= 0.6 is 0 Å². The lowest BCUT2D eigenvalue weighted by atomic mass is 9.90. The summed E-state index contributed by atoms with van der Waals surface area (Å²) in [6, 6.07) is 5.82. The quantitative estimate of drug-likeness (QED) is 0.896. The van der Waals surface area contributed by atoms with Gasteiger partial charge in [0.15, 0.2) is 0 Å². The van der Waals surface area contributed by atoms with Crippen LogP contribution < -0.4 is 4.74 Å². The molecule has 1 aromatic carbocycles. The number of β-amino-alcohol motifs (C(OH)–C–C–N with tert-alkyl or cyclic N) is 1. The van der Waals surface area contributed by atoms with E-state index in [1.807, 2.05) is 32.0 Å². The van der Waals surface area contributed by atoms with Crippen molar-refractivity contribution in [3.8, 4) is 5.75 Å². The second-order valence-corrected chi connectivity index (χ2v) is 5.32. The van der Waals surface area contributed by atoms with Crippen LogP contribution in [0.3, 0.4) is 0 Å². The fourth-order valence-electron chi connectivity index (χ4n) is 2.38. The summed E-state index contributed by atoms with van der Waals surface area (Å²) in [6.45, 7) is 4.81.